The molecule has 8 aliphatic rings. The largest absolute Gasteiger partial charge is 0.0776 e. The molecule has 0 N–H and O–H groups in total. The molecule has 0 heterocycles. The lowest BCUT2D eigenvalue weighted by Crippen LogP contribution is -2.43. The summed E-state index contributed by atoms with van der Waals surface area (Å²) in [4.78, 5) is 0. The van der Waals surface area contributed by atoms with E-state index in [-0.39, 0.29) is 0 Å². The molecule has 6 fully saturated rings. The molecule has 0 nitrogen and oxygen atoms in total. The van der Waals surface area contributed by atoms with Gasteiger partial charge in [-0.3, -0.25) is 0 Å². The third-order valence-corrected chi connectivity index (χ3v) is 13.9. The first-order valence-corrected chi connectivity index (χ1v) is 16.2. The van der Waals surface area contributed by atoms with Gasteiger partial charge < -0.3 is 0 Å². The Labute approximate surface area is 209 Å². The summed E-state index contributed by atoms with van der Waals surface area (Å²) >= 11 is 0. The molecular weight excluding hydrogens is 408 g/mol. The zero-order valence-corrected chi connectivity index (χ0v) is 21.8. The monoisotopic (exact) mass is 458 g/mol. The van der Waals surface area contributed by atoms with E-state index in [1.54, 1.807) is 77.0 Å². The Hall–Kier alpha value is -0.520. The van der Waals surface area contributed by atoms with Crippen molar-refractivity contribution in [2.24, 2.45) is 71.0 Å². The number of rotatable bonds is 1. The predicted octanol–water partition coefficient (Wildman–Crippen LogP) is 9.36. The third kappa shape index (κ3) is 3.35. The molecular formula is C34H50. The van der Waals surface area contributed by atoms with Gasteiger partial charge in [-0.2, -0.15) is 0 Å². The third-order valence-electron chi connectivity index (χ3n) is 13.9. The Kier molecular flexibility index (Phi) is 5.40. The highest BCUT2D eigenvalue weighted by atomic mass is 14.6. The number of hydrogen-bond donors (Lipinski definition) is 0. The molecule has 34 heavy (non-hydrogen) atoms. The van der Waals surface area contributed by atoms with Crippen molar-refractivity contribution < 1.29 is 0 Å². The van der Waals surface area contributed by atoms with Gasteiger partial charge in [0.05, 0.1) is 0 Å². The zero-order chi connectivity index (χ0) is 22.2. The second kappa shape index (κ2) is 8.52. The average molecular weight is 459 g/mol. The van der Waals surface area contributed by atoms with Crippen molar-refractivity contribution in [2.75, 3.05) is 0 Å². The molecule has 8 aliphatic carbocycles. The first-order chi connectivity index (χ1) is 16.8. The molecule has 2 unspecified atom stereocenters. The van der Waals surface area contributed by atoms with E-state index in [1.807, 2.05) is 11.1 Å². The van der Waals surface area contributed by atoms with Gasteiger partial charge in [-0.25, -0.2) is 0 Å². The van der Waals surface area contributed by atoms with Gasteiger partial charge in [0.2, 0.25) is 0 Å². The molecule has 0 saturated heterocycles. The summed E-state index contributed by atoms with van der Waals surface area (Å²) in [7, 11) is 0. The summed E-state index contributed by atoms with van der Waals surface area (Å²) in [5, 5.41) is 0. The fourth-order valence-corrected chi connectivity index (χ4v) is 12.6. The molecule has 8 rings (SSSR count). The van der Waals surface area contributed by atoms with Crippen LogP contribution in [0.3, 0.4) is 0 Å². The topological polar surface area (TPSA) is 0 Å². The molecule has 0 heteroatoms. The zero-order valence-electron chi connectivity index (χ0n) is 21.8. The van der Waals surface area contributed by atoms with E-state index in [4.69, 9.17) is 0 Å². The fraction of sp³-hybridized carbons (Fsp3) is 0.882. The van der Waals surface area contributed by atoms with Crippen LogP contribution in [-0.2, 0) is 0 Å². The Bertz CT molecular complexity index is 776. The predicted molar refractivity (Wildman–Crippen MR) is 141 cm³/mol. The lowest BCUT2D eigenvalue weighted by molar-refractivity contribution is -0.0148. The summed E-state index contributed by atoms with van der Waals surface area (Å²) in [6, 6.07) is 0. The normalized spacial score (nSPS) is 53.9. The smallest absolute Gasteiger partial charge is 0.0193 e. The van der Waals surface area contributed by atoms with Crippen LogP contribution >= 0.6 is 0 Å². The van der Waals surface area contributed by atoms with Gasteiger partial charge in [-0.15, -0.1) is 0 Å². The van der Waals surface area contributed by atoms with Crippen LogP contribution in [0.4, 0.5) is 0 Å². The molecule has 186 valence electrons. The molecule has 0 bridgehead atoms. The summed E-state index contributed by atoms with van der Waals surface area (Å²) in [6.45, 7) is 0. The van der Waals surface area contributed by atoms with Gasteiger partial charge in [0.25, 0.3) is 0 Å². The SMILES string of the molecule is C1=C(C2=C[C@H]3CC[C@H]4[C@@H](CCC5CCCC[C@@H]54)[C@@H]3C2)C[C@H]2[C@@H]3CCC4CCCC[C@@H]4[C@H]3CC[C@H]12. The van der Waals surface area contributed by atoms with Gasteiger partial charge in [-0.1, -0.05) is 50.7 Å². The van der Waals surface area contributed by atoms with Crippen molar-refractivity contribution in [3.8, 4) is 0 Å². The van der Waals surface area contributed by atoms with Gasteiger partial charge in [-0.05, 0) is 159 Å². The van der Waals surface area contributed by atoms with Crippen LogP contribution < -0.4 is 0 Å². The molecule has 0 radical (unpaired) electrons. The van der Waals surface area contributed by atoms with E-state index in [0.29, 0.717) is 0 Å². The van der Waals surface area contributed by atoms with Gasteiger partial charge >= 0.3 is 0 Å². The van der Waals surface area contributed by atoms with Crippen molar-refractivity contribution in [1.29, 1.82) is 0 Å². The molecule has 0 aromatic heterocycles. The minimum absolute atomic E-state index is 0.949. The van der Waals surface area contributed by atoms with Gasteiger partial charge in [0.1, 0.15) is 0 Å². The first kappa shape index (κ1) is 21.6. The van der Waals surface area contributed by atoms with Gasteiger partial charge in [0.15, 0.2) is 0 Å². The summed E-state index contributed by atoms with van der Waals surface area (Å²) in [6.07, 6.45) is 33.7. The number of hydrogen-bond acceptors (Lipinski definition) is 0. The van der Waals surface area contributed by atoms with Crippen molar-refractivity contribution in [1.82, 2.24) is 0 Å². The lowest BCUT2D eigenvalue weighted by atomic mass is 9.53. The highest BCUT2D eigenvalue weighted by molar-refractivity contribution is 5.39. The highest BCUT2D eigenvalue weighted by Crippen LogP contribution is 2.61. The van der Waals surface area contributed by atoms with E-state index >= 15 is 0 Å². The fourth-order valence-electron chi connectivity index (χ4n) is 12.6. The van der Waals surface area contributed by atoms with E-state index in [9.17, 15) is 0 Å². The standard InChI is InChI=1S/C34H50/c1-3-7-27-21(5-1)9-13-31-29(27)15-11-23-17-25(19-33(23)31)26-18-24-12-16-30-28-8-4-2-6-22(28)10-14-32(30)34(24)20-26/h17-18,21-24,27-34H,1-16,19-20H2/t21?,22?,23-,24-,27+,28+,29-,30-,31-,32-,33-,34-/m1/s1. The lowest BCUT2D eigenvalue weighted by Gasteiger charge is -2.52. The van der Waals surface area contributed by atoms with Crippen molar-refractivity contribution in [2.45, 2.75) is 116 Å². The molecule has 6 saturated carbocycles. The molecule has 0 aliphatic heterocycles. The summed E-state index contributed by atoms with van der Waals surface area (Å²) < 4.78 is 0. The van der Waals surface area contributed by atoms with Crippen LogP contribution in [-0.4, -0.2) is 0 Å². The highest BCUT2D eigenvalue weighted by Gasteiger charge is 2.51. The van der Waals surface area contributed by atoms with Crippen LogP contribution in [0, 0.1) is 71.0 Å². The molecule has 12 atom stereocenters. The molecule has 0 aromatic rings. The second-order valence-corrected chi connectivity index (χ2v) is 14.8. The van der Waals surface area contributed by atoms with E-state index in [2.05, 4.69) is 12.2 Å². The van der Waals surface area contributed by atoms with E-state index in [1.165, 1.54) is 38.5 Å². The quantitative estimate of drug-likeness (QED) is 0.367. The number of allylic oxidation sites excluding steroid dienone is 4. The summed E-state index contributed by atoms with van der Waals surface area (Å²) in [5.41, 5.74) is 3.75. The van der Waals surface area contributed by atoms with Crippen LogP contribution in [0.2, 0.25) is 0 Å². The Morgan fingerprint density at radius 1 is 0.353 bits per heavy atom. The van der Waals surface area contributed by atoms with Crippen LogP contribution in [0.15, 0.2) is 23.3 Å². The molecule has 0 amide bonds. The second-order valence-electron chi connectivity index (χ2n) is 14.8. The van der Waals surface area contributed by atoms with Crippen LogP contribution in [0.1, 0.15) is 116 Å². The van der Waals surface area contributed by atoms with E-state index < -0.39 is 0 Å². The van der Waals surface area contributed by atoms with E-state index in [0.717, 1.165) is 71.0 Å². The molecule has 0 aromatic carbocycles. The Balaban J connectivity index is 0.973. The minimum Gasteiger partial charge on any atom is -0.0776 e. The van der Waals surface area contributed by atoms with Crippen molar-refractivity contribution in [3.05, 3.63) is 23.3 Å². The van der Waals surface area contributed by atoms with Crippen LogP contribution in [0.25, 0.3) is 0 Å². The van der Waals surface area contributed by atoms with Crippen molar-refractivity contribution >= 4 is 0 Å². The maximum Gasteiger partial charge on any atom is -0.0193 e. The average Bonchev–Trinajstić information content (AvgIpc) is 3.53. The first-order valence-electron chi connectivity index (χ1n) is 16.2. The van der Waals surface area contributed by atoms with Crippen molar-refractivity contribution in [3.63, 3.8) is 0 Å². The van der Waals surface area contributed by atoms with Crippen LogP contribution in [0.5, 0.6) is 0 Å². The minimum atomic E-state index is 0.949. The maximum atomic E-state index is 2.87. The Morgan fingerprint density at radius 2 is 0.765 bits per heavy atom. The van der Waals surface area contributed by atoms with Gasteiger partial charge in [0, 0.05) is 0 Å². The number of fused-ring (bicyclic) bond motifs is 10. The maximum absolute atomic E-state index is 2.87. The summed E-state index contributed by atoms with van der Waals surface area (Å²) in [5.74, 6) is 12.8. The molecule has 0 spiro atoms. The Morgan fingerprint density at radius 3 is 1.26 bits per heavy atom.